The summed E-state index contributed by atoms with van der Waals surface area (Å²) in [4.78, 5) is 18.8. The Morgan fingerprint density at radius 3 is 2.74 bits per heavy atom. The highest BCUT2D eigenvalue weighted by Crippen LogP contribution is 2.32. The number of carbonyl (C=O) groups is 1. The van der Waals surface area contributed by atoms with Crippen molar-refractivity contribution in [1.29, 1.82) is 0 Å². The molecule has 27 heavy (non-hydrogen) atoms. The van der Waals surface area contributed by atoms with Crippen LogP contribution >= 0.6 is 27.3 Å². The van der Waals surface area contributed by atoms with Gasteiger partial charge in [0.1, 0.15) is 0 Å². The van der Waals surface area contributed by atoms with E-state index in [1.165, 1.54) is 0 Å². The second-order valence-corrected chi connectivity index (χ2v) is 8.17. The number of rotatable bonds is 4. The monoisotopic (exact) mass is 436 g/mol. The number of halogens is 1. The normalized spacial score (nSPS) is 10.9. The number of nitrogens with zero attached hydrogens (tertiary/aromatic N) is 1. The number of para-hydroxylation sites is 1. The number of benzene rings is 2. The molecule has 0 aliphatic carbocycles. The second-order valence-electron chi connectivity index (χ2n) is 6.30. The van der Waals surface area contributed by atoms with Gasteiger partial charge < -0.3 is 5.32 Å². The molecule has 0 fully saturated rings. The standard InChI is InChI=1S/C22H17BrN2OS/c1-14-11-19(22(26)24-13-15-5-2-6-16(23)12-15)17-7-3-8-18(21(17)25-14)20-9-4-10-27-20/h2-12H,13H2,1H3,(H,24,26). The molecule has 0 atom stereocenters. The predicted octanol–water partition coefficient (Wildman–Crippen LogP) is 5.96. The summed E-state index contributed by atoms with van der Waals surface area (Å²) >= 11 is 5.14. The van der Waals surface area contributed by atoms with Crippen LogP contribution in [0.25, 0.3) is 21.3 Å². The first-order valence-corrected chi connectivity index (χ1v) is 10.3. The van der Waals surface area contributed by atoms with E-state index in [-0.39, 0.29) is 5.91 Å². The van der Waals surface area contributed by atoms with Crippen molar-refractivity contribution in [2.24, 2.45) is 0 Å². The van der Waals surface area contributed by atoms with Crippen molar-refractivity contribution in [3.05, 3.63) is 87.3 Å². The minimum atomic E-state index is -0.0891. The Bertz CT molecular complexity index is 1120. The molecule has 2 aromatic heterocycles. The van der Waals surface area contributed by atoms with Gasteiger partial charge in [-0.05, 0) is 42.1 Å². The summed E-state index contributed by atoms with van der Waals surface area (Å²) in [7, 11) is 0. The molecular formula is C22H17BrN2OS. The Morgan fingerprint density at radius 1 is 1.11 bits per heavy atom. The largest absolute Gasteiger partial charge is 0.348 e. The second kappa shape index (κ2) is 7.62. The minimum absolute atomic E-state index is 0.0891. The van der Waals surface area contributed by atoms with E-state index in [1.54, 1.807) is 11.3 Å². The van der Waals surface area contributed by atoms with Crippen molar-refractivity contribution in [2.75, 3.05) is 0 Å². The third-order valence-electron chi connectivity index (χ3n) is 4.34. The molecule has 5 heteroatoms. The van der Waals surface area contributed by atoms with Gasteiger partial charge in [0.25, 0.3) is 5.91 Å². The summed E-state index contributed by atoms with van der Waals surface area (Å²) in [6.45, 7) is 2.40. The van der Waals surface area contributed by atoms with E-state index < -0.39 is 0 Å². The summed E-state index contributed by atoms with van der Waals surface area (Å²) in [6.07, 6.45) is 0. The molecule has 0 saturated heterocycles. The third-order valence-corrected chi connectivity index (χ3v) is 5.74. The lowest BCUT2D eigenvalue weighted by molar-refractivity contribution is 0.0952. The molecule has 3 nitrogen and oxygen atoms in total. The fraction of sp³-hybridized carbons (Fsp3) is 0.0909. The number of thiophene rings is 1. The van der Waals surface area contributed by atoms with E-state index in [9.17, 15) is 4.79 Å². The Kier molecular flexibility index (Phi) is 5.05. The van der Waals surface area contributed by atoms with Crippen LogP contribution < -0.4 is 5.32 Å². The topological polar surface area (TPSA) is 42.0 Å². The lowest BCUT2D eigenvalue weighted by Crippen LogP contribution is -2.23. The highest BCUT2D eigenvalue weighted by Gasteiger charge is 2.15. The van der Waals surface area contributed by atoms with E-state index in [2.05, 4.69) is 38.8 Å². The summed E-state index contributed by atoms with van der Waals surface area (Å²) in [5.41, 5.74) is 4.47. The quantitative estimate of drug-likeness (QED) is 0.428. The van der Waals surface area contributed by atoms with Crippen molar-refractivity contribution < 1.29 is 4.79 Å². The zero-order chi connectivity index (χ0) is 18.8. The zero-order valence-corrected chi connectivity index (χ0v) is 17.1. The van der Waals surface area contributed by atoms with Gasteiger partial charge in [0.15, 0.2) is 0 Å². The average molecular weight is 437 g/mol. The summed E-state index contributed by atoms with van der Waals surface area (Å²) in [6, 6.07) is 19.9. The molecule has 0 aliphatic rings. The molecule has 4 rings (SSSR count). The lowest BCUT2D eigenvalue weighted by Gasteiger charge is -2.11. The van der Waals surface area contributed by atoms with Crippen LogP contribution in [0.5, 0.6) is 0 Å². The zero-order valence-electron chi connectivity index (χ0n) is 14.7. The van der Waals surface area contributed by atoms with Gasteiger partial charge in [0, 0.05) is 32.5 Å². The van der Waals surface area contributed by atoms with E-state index >= 15 is 0 Å². The van der Waals surface area contributed by atoms with Crippen LogP contribution in [-0.2, 0) is 6.54 Å². The molecule has 1 N–H and O–H groups in total. The van der Waals surface area contributed by atoms with Gasteiger partial charge in [-0.1, -0.05) is 52.3 Å². The van der Waals surface area contributed by atoms with Gasteiger partial charge in [-0.3, -0.25) is 9.78 Å². The van der Waals surface area contributed by atoms with Crippen LogP contribution in [-0.4, -0.2) is 10.9 Å². The smallest absolute Gasteiger partial charge is 0.252 e. The van der Waals surface area contributed by atoms with E-state index in [4.69, 9.17) is 4.98 Å². The van der Waals surface area contributed by atoms with Gasteiger partial charge in [0.05, 0.1) is 11.1 Å². The molecule has 0 saturated carbocycles. The Labute approximate surface area is 170 Å². The first-order valence-electron chi connectivity index (χ1n) is 8.59. The molecule has 0 radical (unpaired) electrons. The van der Waals surface area contributed by atoms with Crippen LogP contribution in [0.15, 0.2) is 70.5 Å². The number of aromatic nitrogens is 1. The van der Waals surface area contributed by atoms with Crippen LogP contribution in [0.3, 0.4) is 0 Å². The Balaban J connectivity index is 1.71. The SMILES string of the molecule is Cc1cc(C(=O)NCc2cccc(Br)c2)c2cccc(-c3cccs3)c2n1. The number of pyridine rings is 1. The number of amides is 1. The van der Waals surface area contributed by atoms with Crippen LogP contribution in [0, 0.1) is 6.92 Å². The molecule has 0 unspecified atom stereocenters. The van der Waals surface area contributed by atoms with E-state index in [0.29, 0.717) is 12.1 Å². The van der Waals surface area contributed by atoms with Gasteiger partial charge in [-0.2, -0.15) is 0 Å². The van der Waals surface area contributed by atoms with Gasteiger partial charge in [-0.15, -0.1) is 11.3 Å². The molecule has 0 aliphatic heterocycles. The molecule has 0 bridgehead atoms. The average Bonchev–Trinajstić information content (AvgIpc) is 3.19. The molecule has 4 aromatic rings. The van der Waals surface area contributed by atoms with E-state index in [1.807, 2.05) is 55.5 Å². The van der Waals surface area contributed by atoms with Crippen LogP contribution in [0.4, 0.5) is 0 Å². The summed E-state index contributed by atoms with van der Waals surface area (Å²) < 4.78 is 1.00. The maximum atomic E-state index is 12.9. The maximum Gasteiger partial charge on any atom is 0.252 e. The van der Waals surface area contributed by atoms with Crippen molar-refractivity contribution in [3.8, 4) is 10.4 Å². The fourth-order valence-electron chi connectivity index (χ4n) is 3.12. The lowest BCUT2D eigenvalue weighted by atomic mass is 10.0. The van der Waals surface area contributed by atoms with Gasteiger partial charge >= 0.3 is 0 Å². The maximum absolute atomic E-state index is 12.9. The van der Waals surface area contributed by atoms with Crippen LogP contribution in [0.1, 0.15) is 21.6 Å². The number of fused-ring (bicyclic) bond motifs is 1. The molecule has 2 aromatic carbocycles. The molecule has 2 heterocycles. The molecule has 0 spiro atoms. The molecule has 134 valence electrons. The van der Waals surface area contributed by atoms with Crippen molar-refractivity contribution >= 4 is 44.1 Å². The van der Waals surface area contributed by atoms with Gasteiger partial charge in [-0.25, -0.2) is 0 Å². The summed E-state index contributed by atoms with van der Waals surface area (Å²) in [5, 5.41) is 5.96. The predicted molar refractivity (Wildman–Crippen MR) is 115 cm³/mol. The third kappa shape index (κ3) is 3.80. The first kappa shape index (κ1) is 17.9. The van der Waals surface area contributed by atoms with Crippen LogP contribution in [0.2, 0.25) is 0 Å². The van der Waals surface area contributed by atoms with Crippen molar-refractivity contribution in [1.82, 2.24) is 10.3 Å². The Hall–Kier alpha value is -2.50. The number of nitrogens with one attached hydrogen (secondary N) is 1. The first-order chi connectivity index (χ1) is 13.1. The number of hydrogen-bond acceptors (Lipinski definition) is 3. The highest BCUT2D eigenvalue weighted by atomic mass is 79.9. The van der Waals surface area contributed by atoms with Crippen molar-refractivity contribution in [2.45, 2.75) is 13.5 Å². The fourth-order valence-corrected chi connectivity index (χ4v) is 4.32. The molecule has 1 amide bonds. The van der Waals surface area contributed by atoms with E-state index in [0.717, 1.165) is 37.1 Å². The number of aryl methyl sites for hydroxylation is 1. The van der Waals surface area contributed by atoms with Gasteiger partial charge in [0.2, 0.25) is 0 Å². The van der Waals surface area contributed by atoms with Crippen molar-refractivity contribution in [3.63, 3.8) is 0 Å². The molecular weight excluding hydrogens is 420 g/mol. The number of hydrogen-bond donors (Lipinski definition) is 1. The summed E-state index contributed by atoms with van der Waals surface area (Å²) in [5.74, 6) is -0.0891. The highest BCUT2D eigenvalue weighted by molar-refractivity contribution is 9.10. The minimum Gasteiger partial charge on any atom is -0.348 e. The Morgan fingerprint density at radius 2 is 1.96 bits per heavy atom. The number of carbonyl (C=O) groups excluding carboxylic acids is 1.